The van der Waals surface area contributed by atoms with Gasteiger partial charge in [-0.25, -0.2) is 0 Å². The van der Waals surface area contributed by atoms with Crippen LogP contribution in [0.1, 0.15) is 64.9 Å². The fraction of sp³-hybridized carbons (Fsp3) is 0.667. The van der Waals surface area contributed by atoms with E-state index < -0.39 is 0 Å². The summed E-state index contributed by atoms with van der Waals surface area (Å²) in [6.07, 6.45) is 8.37. The van der Waals surface area contributed by atoms with E-state index in [-0.39, 0.29) is 0 Å². The lowest BCUT2D eigenvalue weighted by molar-refractivity contribution is 0.306. The largest absolute Gasteiger partial charge is 0.0645 e. The first kappa shape index (κ1) is 13.6. The third-order valence-corrected chi connectivity index (χ3v) is 4.64. The summed E-state index contributed by atoms with van der Waals surface area (Å²) in [4.78, 5) is 0. The van der Waals surface area contributed by atoms with Crippen LogP contribution in [-0.2, 0) is 5.41 Å². The van der Waals surface area contributed by atoms with Gasteiger partial charge in [0.15, 0.2) is 0 Å². The van der Waals surface area contributed by atoms with E-state index in [1.54, 1.807) is 5.56 Å². The molecule has 0 nitrogen and oxygen atoms in total. The minimum absolute atomic E-state index is 0.451. The molecule has 1 unspecified atom stereocenters. The lowest BCUT2D eigenvalue weighted by Gasteiger charge is -2.34. The van der Waals surface area contributed by atoms with E-state index in [1.807, 2.05) is 0 Å². The molecule has 0 radical (unpaired) electrons. The van der Waals surface area contributed by atoms with Crippen LogP contribution in [0.2, 0.25) is 0 Å². The first-order valence-electron chi connectivity index (χ1n) is 7.72. The molecule has 0 saturated heterocycles. The summed E-state index contributed by atoms with van der Waals surface area (Å²) < 4.78 is 0. The Morgan fingerprint density at radius 3 is 2.33 bits per heavy atom. The molecule has 1 saturated carbocycles. The lowest BCUT2D eigenvalue weighted by atomic mass is 9.70. The highest BCUT2D eigenvalue weighted by Gasteiger charge is 2.36. The Bertz CT molecular complexity index is 348. The quantitative estimate of drug-likeness (QED) is 0.588. The number of benzene rings is 1. The van der Waals surface area contributed by atoms with Crippen LogP contribution in [0.15, 0.2) is 30.3 Å². The van der Waals surface area contributed by atoms with Gasteiger partial charge in [0.05, 0.1) is 0 Å². The van der Waals surface area contributed by atoms with Gasteiger partial charge in [-0.2, -0.15) is 0 Å². The van der Waals surface area contributed by atoms with Gasteiger partial charge in [-0.05, 0) is 42.1 Å². The highest BCUT2D eigenvalue weighted by atomic mass is 14.4. The summed E-state index contributed by atoms with van der Waals surface area (Å²) in [5.41, 5.74) is 2.03. The topological polar surface area (TPSA) is 0 Å². The van der Waals surface area contributed by atoms with Crippen molar-refractivity contribution in [2.24, 2.45) is 11.8 Å². The van der Waals surface area contributed by atoms with Crippen molar-refractivity contribution in [2.45, 2.75) is 64.7 Å². The van der Waals surface area contributed by atoms with E-state index in [2.05, 4.69) is 51.1 Å². The van der Waals surface area contributed by atoms with Gasteiger partial charge in [0.25, 0.3) is 0 Å². The van der Waals surface area contributed by atoms with E-state index in [9.17, 15) is 0 Å². The molecular weight excluding hydrogens is 216 g/mol. The predicted molar refractivity (Wildman–Crippen MR) is 79.8 cm³/mol. The number of rotatable bonds is 7. The van der Waals surface area contributed by atoms with Crippen LogP contribution in [0.25, 0.3) is 0 Å². The molecule has 0 bridgehead atoms. The van der Waals surface area contributed by atoms with Gasteiger partial charge in [0, 0.05) is 0 Å². The Labute approximate surface area is 113 Å². The Balaban J connectivity index is 2.18. The molecule has 1 aliphatic rings. The van der Waals surface area contributed by atoms with Crippen LogP contribution in [0.5, 0.6) is 0 Å². The van der Waals surface area contributed by atoms with Gasteiger partial charge in [-0.3, -0.25) is 0 Å². The molecule has 0 N–H and O–H groups in total. The molecule has 100 valence electrons. The van der Waals surface area contributed by atoms with Crippen molar-refractivity contribution < 1.29 is 0 Å². The Morgan fingerprint density at radius 2 is 1.83 bits per heavy atom. The van der Waals surface area contributed by atoms with Crippen molar-refractivity contribution in [3.8, 4) is 0 Å². The normalized spacial score (nSPS) is 18.9. The zero-order valence-electron chi connectivity index (χ0n) is 12.3. The van der Waals surface area contributed by atoms with E-state index in [0.717, 1.165) is 11.8 Å². The third kappa shape index (κ3) is 3.37. The number of hydrogen-bond donors (Lipinski definition) is 0. The first-order valence-corrected chi connectivity index (χ1v) is 7.72. The molecular formula is C18H28. The maximum atomic E-state index is 2.38. The van der Waals surface area contributed by atoms with Crippen LogP contribution in [0.3, 0.4) is 0 Å². The van der Waals surface area contributed by atoms with E-state index in [4.69, 9.17) is 0 Å². The Kier molecular flexibility index (Phi) is 4.48. The van der Waals surface area contributed by atoms with Gasteiger partial charge in [-0.15, -0.1) is 0 Å². The van der Waals surface area contributed by atoms with Crippen molar-refractivity contribution in [3.05, 3.63) is 35.9 Å². The molecule has 0 heterocycles. The molecule has 1 aliphatic carbocycles. The minimum Gasteiger partial charge on any atom is -0.0645 e. The van der Waals surface area contributed by atoms with E-state index in [1.165, 1.54) is 38.5 Å². The molecule has 2 rings (SSSR count). The van der Waals surface area contributed by atoms with E-state index in [0.29, 0.717) is 5.41 Å². The summed E-state index contributed by atoms with van der Waals surface area (Å²) in [6.45, 7) is 7.08. The van der Waals surface area contributed by atoms with Crippen LogP contribution in [-0.4, -0.2) is 0 Å². The van der Waals surface area contributed by atoms with Gasteiger partial charge < -0.3 is 0 Å². The Morgan fingerprint density at radius 1 is 1.17 bits per heavy atom. The highest BCUT2D eigenvalue weighted by Crippen LogP contribution is 2.46. The fourth-order valence-electron chi connectivity index (χ4n) is 3.12. The smallest absolute Gasteiger partial charge is 0.00469 e. The molecule has 0 heteroatoms. The summed E-state index contributed by atoms with van der Waals surface area (Å²) in [6, 6.07) is 11.3. The predicted octanol–water partition coefficient (Wildman–Crippen LogP) is 5.57. The lowest BCUT2D eigenvalue weighted by Crippen LogP contribution is -2.26. The second kappa shape index (κ2) is 5.91. The molecule has 18 heavy (non-hydrogen) atoms. The molecule has 1 aromatic rings. The molecule has 1 aromatic carbocycles. The molecule has 0 aromatic heterocycles. The van der Waals surface area contributed by atoms with Crippen LogP contribution in [0, 0.1) is 11.8 Å². The van der Waals surface area contributed by atoms with Crippen LogP contribution >= 0.6 is 0 Å². The molecule has 1 atom stereocenters. The van der Waals surface area contributed by atoms with Gasteiger partial charge >= 0.3 is 0 Å². The summed E-state index contributed by atoms with van der Waals surface area (Å²) in [7, 11) is 0. The van der Waals surface area contributed by atoms with Crippen molar-refractivity contribution in [1.82, 2.24) is 0 Å². The molecule has 0 aliphatic heterocycles. The van der Waals surface area contributed by atoms with Crippen molar-refractivity contribution in [1.29, 1.82) is 0 Å². The van der Waals surface area contributed by atoms with Crippen molar-refractivity contribution in [2.75, 3.05) is 0 Å². The van der Waals surface area contributed by atoms with E-state index >= 15 is 0 Å². The van der Waals surface area contributed by atoms with Crippen LogP contribution < -0.4 is 0 Å². The van der Waals surface area contributed by atoms with Crippen molar-refractivity contribution >= 4 is 0 Å². The monoisotopic (exact) mass is 244 g/mol. The zero-order chi connectivity index (χ0) is 13.0. The standard InChI is InChI=1S/C18H28/c1-4-18(13-12-15(2)3,14-16-10-11-16)17-8-6-5-7-9-17/h5-9,15-16H,4,10-14H2,1-3H3. The third-order valence-electron chi connectivity index (χ3n) is 4.64. The highest BCUT2D eigenvalue weighted by molar-refractivity contribution is 5.25. The first-order chi connectivity index (χ1) is 8.66. The van der Waals surface area contributed by atoms with Gasteiger partial charge in [0.1, 0.15) is 0 Å². The summed E-state index contributed by atoms with van der Waals surface area (Å²) in [5, 5.41) is 0. The SMILES string of the molecule is CCC(CCC(C)C)(CC1CC1)c1ccccc1. The second-order valence-electron chi connectivity index (χ2n) is 6.58. The second-order valence-corrected chi connectivity index (χ2v) is 6.58. The number of hydrogen-bond acceptors (Lipinski definition) is 0. The fourth-order valence-corrected chi connectivity index (χ4v) is 3.12. The minimum atomic E-state index is 0.451. The summed E-state index contributed by atoms with van der Waals surface area (Å²) in [5.74, 6) is 1.83. The summed E-state index contributed by atoms with van der Waals surface area (Å²) >= 11 is 0. The Hall–Kier alpha value is -0.780. The molecule has 0 amide bonds. The molecule has 0 spiro atoms. The average molecular weight is 244 g/mol. The van der Waals surface area contributed by atoms with Gasteiger partial charge in [0.2, 0.25) is 0 Å². The van der Waals surface area contributed by atoms with Crippen LogP contribution in [0.4, 0.5) is 0 Å². The van der Waals surface area contributed by atoms with Crippen molar-refractivity contribution in [3.63, 3.8) is 0 Å². The zero-order valence-corrected chi connectivity index (χ0v) is 12.3. The maximum absolute atomic E-state index is 2.38. The average Bonchev–Trinajstić information content (AvgIpc) is 3.19. The van der Waals surface area contributed by atoms with Gasteiger partial charge in [-0.1, -0.05) is 70.4 Å². The maximum Gasteiger partial charge on any atom is -0.00469 e. The molecule has 1 fully saturated rings.